The highest BCUT2D eigenvalue weighted by Crippen LogP contribution is 2.21. The van der Waals surface area contributed by atoms with Crippen LogP contribution in [0.3, 0.4) is 0 Å². The van der Waals surface area contributed by atoms with E-state index in [1.807, 2.05) is 6.92 Å². The number of ketones is 1. The lowest BCUT2D eigenvalue weighted by atomic mass is 9.96. The quantitative estimate of drug-likeness (QED) is 0.771. The number of carbonyl (C=O) groups is 1. The molecule has 110 valence electrons. The molecule has 0 radical (unpaired) electrons. The molecule has 1 unspecified atom stereocenters. The van der Waals surface area contributed by atoms with Crippen LogP contribution in [-0.4, -0.2) is 29.8 Å². The molecule has 0 amide bonds. The minimum absolute atomic E-state index is 0.283. The molecule has 0 bridgehead atoms. The molecule has 1 aliphatic heterocycles. The topological polar surface area (TPSA) is 20.3 Å². The van der Waals surface area contributed by atoms with E-state index in [1.165, 1.54) is 30.4 Å². The highest BCUT2D eigenvalue weighted by atomic mass is 16.1. The minimum atomic E-state index is 0.283. The van der Waals surface area contributed by atoms with E-state index >= 15 is 0 Å². The van der Waals surface area contributed by atoms with Crippen molar-refractivity contribution in [3.63, 3.8) is 0 Å². The highest BCUT2D eigenvalue weighted by Gasteiger charge is 2.23. The monoisotopic (exact) mass is 273 g/mol. The van der Waals surface area contributed by atoms with Gasteiger partial charge in [-0.25, -0.2) is 0 Å². The maximum Gasteiger partial charge on any atom is 0.177 e. The molecule has 0 saturated carbocycles. The number of aryl methyl sites for hydroxylation is 3. The van der Waals surface area contributed by atoms with Crippen molar-refractivity contribution in [1.82, 2.24) is 4.90 Å². The second-order valence-electron chi connectivity index (χ2n) is 6.20. The number of hydrogen-bond acceptors (Lipinski definition) is 2. The number of piperidine rings is 1. The molecule has 0 aromatic heterocycles. The molecular weight excluding hydrogens is 246 g/mol. The van der Waals surface area contributed by atoms with Gasteiger partial charge in [-0.1, -0.05) is 19.4 Å². The SMILES string of the molecule is CCC1CCCCN1CC(=O)c1cc(C)c(C)cc1C. The van der Waals surface area contributed by atoms with Gasteiger partial charge in [0.2, 0.25) is 0 Å². The Morgan fingerprint density at radius 3 is 2.55 bits per heavy atom. The highest BCUT2D eigenvalue weighted by molar-refractivity contribution is 5.99. The van der Waals surface area contributed by atoms with Crippen molar-refractivity contribution in [2.75, 3.05) is 13.1 Å². The first-order valence-electron chi connectivity index (χ1n) is 7.88. The third-order valence-electron chi connectivity index (χ3n) is 4.71. The van der Waals surface area contributed by atoms with Crippen molar-refractivity contribution in [3.05, 3.63) is 34.4 Å². The molecular formula is C18H27NO. The molecule has 1 atom stereocenters. The van der Waals surface area contributed by atoms with E-state index in [-0.39, 0.29) is 5.78 Å². The van der Waals surface area contributed by atoms with E-state index in [0.717, 1.165) is 24.1 Å². The second kappa shape index (κ2) is 6.53. The number of hydrogen-bond donors (Lipinski definition) is 0. The van der Waals surface area contributed by atoms with Gasteiger partial charge in [0.1, 0.15) is 0 Å². The van der Waals surface area contributed by atoms with Crippen molar-refractivity contribution in [2.24, 2.45) is 0 Å². The van der Waals surface area contributed by atoms with Crippen LogP contribution < -0.4 is 0 Å². The number of rotatable bonds is 4. The fourth-order valence-corrected chi connectivity index (χ4v) is 3.26. The molecule has 1 aliphatic rings. The summed E-state index contributed by atoms with van der Waals surface area (Å²) in [4.78, 5) is 15.0. The summed E-state index contributed by atoms with van der Waals surface area (Å²) in [7, 11) is 0. The van der Waals surface area contributed by atoms with Crippen molar-refractivity contribution in [3.8, 4) is 0 Å². The smallest absolute Gasteiger partial charge is 0.177 e. The first-order chi connectivity index (χ1) is 9.52. The lowest BCUT2D eigenvalue weighted by Crippen LogP contribution is -2.42. The van der Waals surface area contributed by atoms with Gasteiger partial charge in [-0.05, 0) is 69.3 Å². The van der Waals surface area contributed by atoms with Gasteiger partial charge in [0.25, 0.3) is 0 Å². The van der Waals surface area contributed by atoms with Crippen LogP contribution in [0.4, 0.5) is 0 Å². The van der Waals surface area contributed by atoms with Crippen molar-refractivity contribution in [2.45, 2.75) is 59.4 Å². The zero-order valence-electron chi connectivity index (χ0n) is 13.3. The molecule has 1 heterocycles. The number of carbonyl (C=O) groups excluding carboxylic acids is 1. The fraction of sp³-hybridized carbons (Fsp3) is 0.611. The van der Waals surface area contributed by atoms with Gasteiger partial charge in [0, 0.05) is 11.6 Å². The first kappa shape index (κ1) is 15.2. The second-order valence-corrected chi connectivity index (χ2v) is 6.20. The van der Waals surface area contributed by atoms with E-state index in [0.29, 0.717) is 12.6 Å². The summed E-state index contributed by atoms with van der Waals surface area (Å²) in [5.74, 6) is 0.283. The molecule has 0 aliphatic carbocycles. The Morgan fingerprint density at radius 1 is 1.15 bits per heavy atom. The predicted molar refractivity (Wildman–Crippen MR) is 84.5 cm³/mol. The summed E-state index contributed by atoms with van der Waals surface area (Å²) >= 11 is 0. The van der Waals surface area contributed by atoms with Crippen molar-refractivity contribution >= 4 is 5.78 Å². The number of nitrogens with zero attached hydrogens (tertiary/aromatic N) is 1. The molecule has 0 spiro atoms. The molecule has 0 N–H and O–H groups in total. The van der Waals surface area contributed by atoms with Gasteiger partial charge in [0.15, 0.2) is 5.78 Å². The predicted octanol–water partition coefficient (Wildman–Crippen LogP) is 4.06. The van der Waals surface area contributed by atoms with Gasteiger partial charge in [-0.3, -0.25) is 9.69 Å². The van der Waals surface area contributed by atoms with Crippen LogP contribution in [0, 0.1) is 20.8 Å². The number of Topliss-reactive ketones (excluding diaryl/α,β-unsaturated/α-hetero) is 1. The van der Waals surface area contributed by atoms with Crippen LogP contribution in [0.1, 0.15) is 59.7 Å². The summed E-state index contributed by atoms with van der Waals surface area (Å²) in [6, 6.07) is 4.80. The van der Waals surface area contributed by atoms with Crippen LogP contribution in [0.15, 0.2) is 12.1 Å². The minimum Gasteiger partial charge on any atom is -0.293 e. The molecule has 1 saturated heterocycles. The third kappa shape index (κ3) is 3.29. The standard InChI is InChI=1S/C18H27NO/c1-5-16-8-6-7-9-19(16)12-18(20)17-11-14(3)13(2)10-15(17)4/h10-11,16H,5-9,12H2,1-4H3. The summed E-state index contributed by atoms with van der Waals surface area (Å²) in [5.41, 5.74) is 4.50. The van der Waals surface area contributed by atoms with E-state index in [2.05, 4.69) is 37.8 Å². The Balaban J connectivity index is 2.13. The van der Waals surface area contributed by atoms with Crippen LogP contribution in [-0.2, 0) is 0 Å². The average molecular weight is 273 g/mol. The lowest BCUT2D eigenvalue weighted by Gasteiger charge is -2.34. The van der Waals surface area contributed by atoms with Crippen molar-refractivity contribution < 1.29 is 4.79 Å². The molecule has 1 aromatic rings. The summed E-state index contributed by atoms with van der Waals surface area (Å²) in [6.07, 6.45) is 4.94. The zero-order valence-corrected chi connectivity index (χ0v) is 13.3. The summed E-state index contributed by atoms with van der Waals surface area (Å²) in [5, 5.41) is 0. The Labute approximate surface area is 123 Å². The Hall–Kier alpha value is -1.15. The van der Waals surface area contributed by atoms with E-state index in [9.17, 15) is 4.79 Å². The van der Waals surface area contributed by atoms with Gasteiger partial charge >= 0.3 is 0 Å². The van der Waals surface area contributed by atoms with Gasteiger partial charge in [-0.2, -0.15) is 0 Å². The molecule has 1 fully saturated rings. The molecule has 2 nitrogen and oxygen atoms in total. The van der Waals surface area contributed by atoms with Crippen molar-refractivity contribution in [1.29, 1.82) is 0 Å². The van der Waals surface area contributed by atoms with Crippen LogP contribution in [0.2, 0.25) is 0 Å². The Bertz CT molecular complexity index is 492. The number of likely N-dealkylation sites (tertiary alicyclic amines) is 1. The Morgan fingerprint density at radius 2 is 1.85 bits per heavy atom. The zero-order chi connectivity index (χ0) is 14.7. The molecule has 2 heteroatoms. The normalized spacial score (nSPS) is 20.1. The number of benzene rings is 1. The molecule has 20 heavy (non-hydrogen) atoms. The maximum atomic E-state index is 12.6. The molecule has 1 aromatic carbocycles. The van der Waals surface area contributed by atoms with Gasteiger partial charge in [-0.15, -0.1) is 0 Å². The van der Waals surface area contributed by atoms with E-state index < -0.39 is 0 Å². The summed E-state index contributed by atoms with van der Waals surface area (Å²) in [6.45, 7) is 10.1. The first-order valence-corrected chi connectivity index (χ1v) is 7.88. The van der Waals surface area contributed by atoms with Gasteiger partial charge < -0.3 is 0 Å². The van der Waals surface area contributed by atoms with Gasteiger partial charge in [0.05, 0.1) is 6.54 Å². The molecule has 2 rings (SSSR count). The largest absolute Gasteiger partial charge is 0.293 e. The fourth-order valence-electron chi connectivity index (χ4n) is 3.26. The lowest BCUT2D eigenvalue weighted by molar-refractivity contribution is 0.0837. The van der Waals surface area contributed by atoms with E-state index in [4.69, 9.17) is 0 Å². The average Bonchev–Trinajstić information content (AvgIpc) is 2.43. The third-order valence-corrected chi connectivity index (χ3v) is 4.71. The van der Waals surface area contributed by atoms with Crippen LogP contribution >= 0.6 is 0 Å². The van der Waals surface area contributed by atoms with Crippen LogP contribution in [0.25, 0.3) is 0 Å². The summed E-state index contributed by atoms with van der Waals surface area (Å²) < 4.78 is 0. The van der Waals surface area contributed by atoms with E-state index in [1.54, 1.807) is 0 Å². The van der Waals surface area contributed by atoms with Crippen LogP contribution in [0.5, 0.6) is 0 Å². The Kier molecular flexibility index (Phi) is 4.98. The maximum absolute atomic E-state index is 12.6.